The predicted octanol–water partition coefficient (Wildman–Crippen LogP) is 7.24. The molecule has 0 aliphatic heterocycles. The van der Waals surface area contributed by atoms with Gasteiger partial charge in [-0.1, -0.05) is 96.6 Å². The Bertz CT molecular complexity index is 702. The van der Waals surface area contributed by atoms with Gasteiger partial charge in [0.1, 0.15) is 6.61 Å². The topological polar surface area (TPSA) is 99.1 Å². The van der Waals surface area contributed by atoms with Crippen molar-refractivity contribution in [1.82, 2.24) is 0 Å². The van der Waals surface area contributed by atoms with Crippen molar-refractivity contribution in [3.05, 3.63) is 12.2 Å². The van der Waals surface area contributed by atoms with E-state index in [1.165, 1.54) is 57.8 Å². The second-order valence-corrected chi connectivity index (χ2v) is 12.1. The first-order valence-corrected chi connectivity index (χ1v) is 16.2. The minimum Gasteiger partial charge on any atom is -0.477 e. The van der Waals surface area contributed by atoms with Crippen LogP contribution in [0.3, 0.4) is 0 Å². The summed E-state index contributed by atoms with van der Waals surface area (Å²) in [5.41, 5.74) is 0. The number of aliphatic carboxylic acids is 1. The van der Waals surface area contributed by atoms with Crippen molar-refractivity contribution < 1.29 is 38.2 Å². The SMILES string of the molecule is CCCCCC/C=C/CCC(=O)OC(COCCC(C(=O)O)[N+](C)(C)C)COC(=O)CCCCCCCCCCC. The molecule has 0 heterocycles. The van der Waals surface area contributed by atoms with Gasteiger partial charge in [0.25, 0.3) is 0 Å². The summed E-state index contributed by atoms with van der Waals surface area (Å²) in [6, 6.07) is -0.612. The maximum Gasteiger partial charge on any atom is 0.362 e. The maximum absolute atomic E-state index is 12.5. The number of carboxylic acids is 1. The third-order valence-electron chi connectivity index (χ3n) is 7.18. The predicted molar refractivity (Wildman–Crippen MR) is 165 cm³/mol. The van der Waals surface area contributed by atoms with Crippen molar-refractivity contribution in [2.45, 2.75) is 142 Å². The van der Waals surface area contributed by atoms with Gasteiger partial charge in [-0.2, -0.15) is 0 Å². The number of rotatable bonds is 28. The minimum atomic E-state index is -0.882. The van der Waals surface area contributed by atoms with Gasteiger partial charge in [-0.05, 0) is 25.7 Å². The molecular formula is C33H62NO7+. The Kier molecular flexibility index (Phi) is 24.5. The van der Waals surface area contributed by atoms with Crippen molar-refractivity contribution in [3.8, 4) is 0 Å². The van der Waals surface area contributed by atoms with E-state index in [0.717, 1.165) is 32.1 Å². The molecule has 1 N–H and O–H groups in total. The molecule has 8 heteroatoms. The Hall–Kier alpha value is -1.93. The zero-order valence-corrected chi connectivity index (χ0v) is 27.0. The normalized spacial score (nSPS) is 13.3. The molecule has 0 bridgehead atoms. The van der Waals surface area contributed by atoms with E-state index in [0.29, 0.717) is 19.3 Å². The van der Waals surface area contributed by atoms with Crippen molar-refractivity contribution in [2.24, 2.45) is 0 Å². The molecule has 0 aromatic rings. The lowest BCUT2D eigenvalue weighted by molar-refractivity contribution is -0.887. The summed E-state index contributed by atoms with van der Waals surface area (Å²) in [7, 11) is 5.49. The summed E-state index contributed by atoms with van der Waals surface area (Å²) in [5, 5.41) is 9.51. The van der Waals surface area contributed by atoms with Crippen molar-refractivity contribution in [2.75, 3.05) is 41.0 Å². The number of hydrogen-bond acceptors (Lipinski definition) is 6. The Morgan fingerprint density at radius 3 is 1.85 bits per heavy atom. The van der Waals surface area contributed by atoms with Gasteiger partial charge in [0, 0.05) is 19.3 Å². The maximum atomic E-state index is 12.5. The van der Waals surface area contributed by atoms with Crippen LogP contribution < -0.4 is 0 Å². The number of nitrogens with zero attached hydrogens (tertiary/aromatic N) is 1. The van der Waals surface area contributed by atoms with Crippen LogP contribution in [0.15, 0.2) is 12.2 Å². The van der Waals surface area contributed by atoms with Crippen LogP contribution >= 0.6 is 0 Å². The first-order valence-electron chi connectivity index (χ1n) is 16.2. The van der Waals surface area contributed by atoms with Crippen LogP contribution in [0.2, 0.25) is 0 Å². The molecule has 0 aromatic carbocycles. The van der Waals surface area contributed by atoms with E-state index in [9.17, 15) is 19.5 Å². The summed E-state index contributed by atoms with van der Waals surface area (Å²) in [6.07, 6.45) is 21.4. The molecule has 0 rings (SSSR count). The molecular weight excluding hydrogens is 522 g/mol. The van der Waals surface area contributed by atoms with Crippen LogP contribution in [0.4, 0.5) is 0 Å². The highest BCUT2D eigenvalue weighted by Crippen LogP contribution is 2.12. The minimum absolute atomic E-state index is 0.0494. The molecule has 0 spiro atoms. The van der Waals surface area contributed by atoms with E-state index >= 15 is 0 Å². The molecule has 0 fully saturated rings. The Labute approximate surface area is 250 Å². The molecule has 0 saturated heterocycles. The number of esters is 2. The average molecular weight is 585 g/mol. The fourth-order valence-electron chi connectivity index (χ4n) is 4.58. The molecule has 2 atom stereocenters. The van der Waals surface area contributed by atoms with Gasteiger partial charge in [0.2, 0.25) is 0 Å². The molecule has 0 radical (unpaired) electrons. The van der Waals surface area contributed by atoms with Crippen LogP contribution in [0.5, 0.6) is 0 Å². The van der Waals surface area contributed by atoms with Crippen LogP contribution in [0.1, 0.15) is 129 Å². The molecule has 0 saturated carbocycles. The van der Waals surface area contributed by atoms with Crippen LogP contribution in [0, 0.1) is 0 Å². The van der Waals surface area contributed by atoms with E-state index in [1.807, 2.05) is 27.2 Å². The van der Waals surface area contributed by atoms with Crippen molar-refractivity contribution in [1.29, 1.82) is 0 Å². The molecule has 0 aliphatic rings. The summed E-state index contributed by atoms with van der Waals surface area (Å²) < 4.78 is 17.0. The molecule has 0 aliphatic carbocycles. The summed E-state index contributed by atoms with van der Waals surface area (Å²) >= 11 is 0. The zero-order chi connectivity index (χ0) is 30.8. The van der Waals surface area contributed by atoms with Crippen LogP contribution in [-0.2, 0) is 28.6 Å². The van der Waals surface area contributed by atoms with E-state index in [4.69, 9.17) is 14.2 Å². The number of carbonyl (C=O) groups excluding carboxylic acids is 2. The number of unbranched alkanes of at least 4 members (excludes halogenated alkanes) is 12. The fourth-order valence-corrected chi connectivity index (χ4v) is 4.58. The van der Waals surface area contributed by atoms with Crippen LogP contribution in [-0.4, -0.2) is 80.6 Å². The number of hydrogen-bond donors (Lipinski definition) is 1. The van der Waals surface area contributed by atoms with E-state index in [1.54, 1.807) is 0 Å². The van der Waals surface area contributed by atoms with E-state index < -0.39 is 18.1 Å². The second kappa shape index (κ2) is 25.8. The van der Waals surface area contributed by atoms with Crippen molar-refractivity contribution >= 4 is 17.9 Å². The van der Waals surface area contributed by atoms with Gasteiger partial charge in [-0.25, -0.2) is 4.79 Å². The highest BCUT2D eigenvalue weighted by atomic mass is 16.6. The monoisotopic (exact) mass is 584 g/mol. The second-order valence-electron chi connectivity index (χ2n) is 12.1. The Morgan fingerprint density at radius 1 is 0.707 bits per heavy atom. The summed E-state index contributed by atoms with van der Waals surface area (Å²) in [5.74, 6) is -1.54. The molecule has 2 unspecified atom stereocenters. The lowest BCUT2D eigenvalue weighted by Crippen LogP contribution is -2.50. The highest BCUT2D eigenvalue weighted by Gasteiger charge is 2.31. The Balaban J connectivity index is 4.55. The van der Waals surface area contributed by atoms with Gasteiger partial charge in [0.05, 0.1) is 34.4 Å². The van der Waals surface area contributed by atoms with Gasteiger partial charge in [0.15, 0.2) is 12.1 Å². The van der Waals surface area contributed by atoms with Crippen molar-refractivity contribution in [3.63, 3.8) is 0 Å². The average Bonchev–Trinajstić information content (AvgIpc) is 2.91. The summed E-state index contributed by atoms with van der Waals surface area (Å²) in [4.78, 5) is 36.4. The number of carboxylic acid groups (broad SMARTS) is 1. The van der Waals surface area contributed by atoms with Gasteiger partial charge in [-0.3, -0.25) is 9.59 Å². The lowest BCUT2D eigenvalue weighted by atomic mass is 10.1. The lowest BCUT2D eigenvalue weighted by Gasteiger charge is -2.31. The largest absolute Gasteiger partial charge is 0.477 e. The standard InChI is InChI=1S/C33H61NO7/c1-6-8-10-12-14-16-18-19-21-23-31(35)40-28-29(27-39-26-25-30(33(37)38)34(3,4)5)41-32(36)24-22-20-17-15-13-11-9-7-2/h17,20,29-30H,6-16,18-19,21-28H2,1-5H3/p+1/b20-17+. The zero-order valence-electron chi connectivity index (χ0n) is 27.0. The third kappa shape index (κ3) is 24.4. The molecule has 41 heavy (non-hydrogen) atoms. The number of allylic oxidation sites excluding steroid dienone is 2. The van der Waals surface area contributed by atoms with Gasteiger partial charge in [-0.15, -0.1) is 0 Å². The fraction of sp³-hybridized carbons (Fsp3) is 0.848. The van der Waals surface area contributed by atoms with Gasteiger partial charge < -0.3 is 23.8 Å². The van der Waals surface area contributed by atoms with Crippen LogP contribution in [0.25, 0.3) is 0 Å². The first kappa shape index (κ1) is 39.1. The Morgan fingerprint density at radius 2 is 1.27 bits per heavy atom. The summed E-state index contributed by atoms with van der Waals surface area (Å²) in [6.45, 7) is 4.60. The number of carbonyl (C=O) groups is 3. The third-order valence-corrected chi connectivity index (χ3v) is 7.18. The number of likely N-dealkylation sites (N-methyl/N-ethyl adjacent to an activating group) is 1. The molecule has 8 nitrogen and oxygen atoms in total. The quantitative estimate of drug-likeness (QED) is 0.0448. The number of ether oxygens (including phenoxy) is 3. The highest BCUT2D eigenvalue weighted by molar-refractivity contribution is 5.72. The molecule has 240 valence electrons. The van der Waals surface area contributed by atoms with E-state index in [2.05, 4.69) is 19.9 Å². The van der Waals surface area contributed by atoms with Gasteiger partial charge >= 0.3 is 17.9 Å². The molecule has 0 aromatic heterocycles. The van der Waals surface area contributed by atoms with E-state index in [-0.39, 0.29) is 42.7 Å². The first-order chi connectivity index (χ1) is 19.6. The smallest absolute Gasteiger partial charge is 0.362 e. The number of quaternary nitrogens is 1. The molecule has 0 amide bonds.